The maximum Gasteiger partial charge on any atom is 0.348 e. The largest absolute Gasteiger partial charge is 0.490 e. The number of carbonyl (C=O) groups is 3. The van der Waals surface area contributed by atoms with Gasteiger partial charge >= 0.3 is 17.9 Å². The van der Waals surface area contributed by atoms with E-state index in [1.807, 2.05) is 0 Å². The molecule has 3 rings (SSSR count). The molecule has 0 unspecified atom stereocenters. The number of cyclic esters (lactones) is 2. The summed E-state index contributed by atoms with van der Waals surface area (Å²) in [6.45, 7) is 5.03. The molecule has 2 aromatic rings. The quantitative estimate of drug-likeness (QED) is 0.276. The number of hydrogen-bond donors (Lipinski definition) is 0. The van der Waals surface area contributed by atoms with Gasteiger partial charge in [-0.2, -0.15) is 0 Å². The third-order valence-electron chi connectivity index (χ3n) is 3.99. The first-order chi connectivity index (χ1) is 14.2. The van der Waals surface area contributed by atoms with Crippen molar-refractivity contribution in [1.82, 2.24) is 0 Å². The van der Waals surface area contributed by atoms with E-state index in [0.29, 0.717) is 22.2 Å². The molecule has 0 spiro atoms. The second-order valence-corrected chi connectivity index (χ2v) is 7.60. The van der Waals surface area contributed by atoms with Crippen LogP contribution in [0.5, 0.6) is 11.5 Å². The minimum Gasteiger partial charge on any atom is -0.490 e. The normalized spacial score (nSPS) is 15.1. The van der Waals surface area contributed by atoms with Crippen molar-refractivity contribution < 1.29 is 33.3 Å². The van der Waals surface area contributed by atoms with Gasteiger partial charge in [0.1, 0.15) is 5.57 Å². The number of hydrogen-bond acceptors (Lipinski definition) is 7. The molecule has 1 fully saturated rings. The van der Waals surface area contributed by atoms with Crippen LogP contribution in [0, 0.1) is 0 Å². The van der Waals surface area contributed by atoms with Gasteiger partial charge in [-0.25, -0.2) is 14.4 Å². The Balaban J connectivity index is 1.94. The van der Waals surface area contributed by atoms with E-state index in [9.17, 15) is 14.4 Å². The zero-order valence-electron chi connectivity index (χ0n) is 16.6. The highest BCUT2D eigenvalue weighted by Gasteiger charge is 2.39. The Kier molecular flexibility index (Phi) is 6.26. The first-order valence-corrected chi connectivity index (χ1v) is 9.91. The fourth-order valence-electron chi connectivity index (χ4n) is 2.68. The van der Waals surface area contributed by atoms with E-state index in [-0.39, 0.29) is 17.1 Å². The lowest BCUT2D eigenvalue weighted by Crippen LogP contribution is -2.41. The Bertz CT molecular complexity index is 1000. The lowest BCUT2D eigenvalue weighted by Gasteiger charge is -2.29. The molecule has 0 bridgehead atoms. The second-order valence-electron chi connectivity index (χ2n) is 6.75. The van der Waals surface area contributed by atoms with Crippen molar-refractivity contribution >= 4 is 39.9 Å². The van der Waals surface area contributed by atoms with Gasteiger partial charge in [-0.05, 0) is 42.8 Å². The maximum absolute atomic E-state index is 12.4. The molecule has 0 aliphatic carbocycles. The minimum absolute atomic E-state index is 0.189. The summed E-state index contributed by atoms with van der Waals surface area (Å²) >= 11 is 3.37. The number of benzene rings is 2. The van der Waals surface area contributed by atoms with Gasteiger partial charge in [0, 0.05) is 18.3 Å². The molecule has 0 atom stereocenters. The Hall–Kier alpha value is -3.13. The van der Waals surface area contributed by atoms with Crippen LogP contribution in [-0.4, -0.2) is 30.3 Å². The van der Waals surface area contributed by atoms with Crippen LogP contribution in [0.1, 0.15) is 36.7 Å². The van der Waals surface area contributed by atoms with Crippen LogP contribution in [0.25, 0.3) is 6.08 Å². The van der Waals surface area contributed by atoms with E-state index >= 15 is 0 Å². The van der Waals surface area contributed by atoms with Crippen molar-refractivity contribution in [2.45, 2.75) is 26.6 Å². The zero-order chi connectivity index (χ0) is 21.9. The number of ether oxygens (including phenoxy) is 4. The molecule has 8 heteroatoms. The maximum atomic E-state index is 12.4. The summed E-state index contributed by atoms with van der Waals surface area (Å²) in [6.07, 6.45) is 1.33. The topological polar surface area (TPSA) is 88.1 Å². The Labute approximate surface area is 181 Å². The molecule has 0 saturated carbocycles. The SMILES string of the molecule is CCOc1cc(C=C2C(=O)OC(C)(C)OC2=O)c(Br)cc1OC(=O)c1ccccc1. The molecule has 7 nitrogen and oxygen atoms in total. The lowest BCUT2D eigenvalue weighted by molar-refractivity contribution is -0.222. The van der Waals surface area contributed by atoms with Gasteiger partial charge in [0.05, 0.1) is 12.2 Å². The summed E-state index contributed by atoms with van der Waals surface area (Å²) in [5.74, 6) is -2.99. The van der Waals surface area contributed by atoms with Crippen LogP contribution in [0.3, 0.4) is 0 Å². The van der Waals surface area contributed by atoms with Crippen LogP contribution in [0.4, 0.5) is 0 Å². The molecule has 1 heterocycles. The van der Waals surface area contributed by atoms with E-state index in [1.165, 1.54) is 26.0 Å². The Morgan fingerprint density at radius 3 is 2.30 bits per heavy atom. The van der Waals surface area contributed by atoms with Gasteiger partial charge in [-0.3, -0.25) is 0 Å². The summed E-state index contributed by atoms with van der Waals surface area (Å²) in [7, 11) is 0. The molecule has 1 aliphatic heterocycles. The predicted molar refractivity (Wildman–Crippen MR) is 111 cm³/mol. The highest BCUT2D eigenvalue weighted by Crippen LogP contribution is 2.36. The van der Waals surface area contributed by atoms with Gasteiger partial charge < -0.3 is 18.9 Å². The van der Waals surface area contributed by atoms with Gasteiger partial charge in [0.2, 0.25) is 0 Å². The predicted octanol–water partition coefficient (Wildman–Crippen LogP) is 4.29. The van der Waals surface area contributed by atoms with E-state index < -0.39 is 23.7 Å². The molecule has 156 valence electrons. The number of halogens is 1. The first kappa shape index (κ1) is 21.6. The number of rotatable bonds is 5. The summed E-state index contributed by atoms with van der Waals surface area (Å²) in [4.78, 5) is 36.8. The highest BCUT2D eigenvalue weighted by atomic mass is 79.9. The van der Waals surface area contributed by atoms with Crippen molar-refractivity contribution in [3.05, 3.63) is 63.6 Å². The van der Waals surface area contributed by atoms with Crippen molar-refractivity contribution in [2.24, 2.45) is 0 Å². The molecular formula is C22H19BrO7. The Morgan fingerprint density at radius 1 is 1.07 bits per heavy atom. The fourth-order valence-corrected chi connectivity index (χ4v) is 3.11. The van der Waals surface area contributed by atoms with Crippen LogP contribution < -0.4 is 9.47 Å². The minimum atomic E-state index is -1.32. The average molecular weight is 475 g/mol. The fraction of sp³-hybridized carbons (Fsp3) is 0.227. The van der Waals surface area contributed by atoms with Crippen LogP contribution in [-0.2, 0) is 19.1 Å². The first-order valence-electron chi connectivity index (χ1n) is 9.12. The molecule has 0 aromatic heterocycles. The molecule has 0 radical (unpaired) electrons. The van der Waals surface area contributed by atoms with Crippen molar-refractivity contribution in [3.8, 4) is 11.5 Å². The molecule has 0 N–H and O–H groups in total. The molecule has 1 saturated heterocycles. The van der Waals surface area contributed by atoms with E-state index in [1.54, 1.807) is 43.3 Å². The van der Waals surface area contributed by atoms with E-state index in [4.69, 9.17) is 18.9 Å². The van der Waals surface area contributed by atoms with Crippen molar-refractivity contribution in [3.63, 3.8) is 0 Å². The second kappa shape index (κ2) is 8.71. The van der Waals surface area contributed by atoms with Gasteiger partial charge in [-0.1, -0.05) is 34.1 Å². The van der Waals surface area contributed by atoms with Gasteiger partial charge in [-0.15, -0.1) is 0 Å². The molecule has 2 aromatic carbocycles. The summed E-state index contributed by atoms with van der Waals surface area (Å²) in [6, 6.07) is 11.6. The number of carbonyl (C=O) groups excluding carboxylic acids is 3. The van der Waals surface area contributed by atoms with E-state index in [0.717, 1.165) is 0 Å². The molecular weight excluding hydrogens is 456 g/mol. The van der Waals surface area contributed by atoms with Crippen LogP contribution in [0.2, 0.25) is 0 Å². The third-order valence-corrected chi connectivity index (χ3v) is 4.68. The average Bonchev–Trinajstić information content (AvgIpc) is 2.67. The monoisotopic (exact) mass is 474 g/mol. The summed E-state index contributed by atoms with van der Waals surface area (Å²) < 4.78 is 21.8. The highest BCUT2D eigenvalue weighted by molar-refractivity contribution is 9.10. The lowest BCUT2D eigenvalue weighted by atomic mass is 10.1. The van der Waals surface area contributed by atoms with Crippen LogP contribution >= 0.6 is 15.9 Å². The molecule has 0 amide bonds. The van der Waals surface area contributed by atoms with Crippen molar-refractivity contribution in [1.29, 1.82) is 0 Å². The molecule has 1 aliphatic rings. The standard InChI is InChI=1S/C22H19BrO7/c1-4-27-17-11-14(10-15-20(25)29-22(2,3)30-21(15)26)16(23)12-18(17)28-19(24)13-8-6-5-7-9-13/h5-12H,4H2,1-3H3. The smallest absolute Gasteiger partial charge is 0.348 e. The number of esters is 3. The van der Waals surface area contributed by atoms with E-state index in [2.05, 4.69) is 15.9 Å². The van der Waals surface area contributed by atoms with Gasteiger partial charge in [0.15, 0.2) is 11.5 Å². The van der Waals surface area contributed by atoms with Crippen LogP contribution in [0.15, 0.2) is 52.5 Å². The van der Waals surface area contributed by atoms with Crippen molar-refractivity contribution in [2.75, 3.05) is 6.61 Å². The summed E-state index contributed by atoms with van der Waals surface area (Å²) in [5.41, 5.74) is 0.575. The zero-order valence-corrected chi connectivity index (χ0v) is 18.1. The molecule has 30 heavy (non-hydrogen) atoms. The summed E-state index contributed by atoms with van der Waals surface area (Å²) in [5, 5.41) is 0. The third kappa shape index (κ3) is 4.88. The van der Waals surface area contributed by atoms with Gasteiger partial charge in [0.25, 0.3) is 5.79 Å². The Morgan fingerprint density at radius 2 is 1.70 bits per heavy atom.